The van der Waals surface area contributed by atoms with Crippen molar-refractivity contribution in [1.29, 1.82) is 0 Å². The average molecular weight is 228 g/mol. The first kappa shape index (κ1) is 12.9. The van der Waals surface area contributed by atoms with E-state index in [1.54, 1.807) is 13.8 Å². The van der Waals surface area contributed by atoms with Gasteiger partial charge in [-0.3, -0.25) is 14.9 Å². The molecule has 0 aromatic rings. The maximum atomic E-state index is 11.7. The summed E-state index contributed by atoms with van der Waals surface area (Å²) >= 11 is 0. The maximum Gasteiger partial charge on any atom is 0.243 e. The molecule has 0 aromatic carbocycles. The highest BCUT2D eigenvalue weighted by Crippen LogP contribution is 2.01. The SMILES string of the molecule is C[C@H](N)C(=O)N[C@@H](C)C(=O)NC1CCCN1. The van der Waals surface area contributed by atoms with Crippen LogP contribution in [-0.4, -0.2) is 36.6 Å². The molecule has 16 heavy (non-hydrogen) atoms. The Morgan fingerprint density at radius 3 is 2.56 bits per heavy atom. The summed E-state index contributed by atoms with van der Waals surface area (Å²) in [5, 5.41) is 8.52. The summed E-state index contributed by atoms with van der Waals surface area (Å²) in [6, 6.07) is -1.15. The van der Waals surface area contributed by atoms with Crippen molar-refractivity contribution < 1.29 is 9.59 Å². The molecule has 0 aliphatic carbocycles. The number of rotatable bonds is 4. The Balaban J connectivity index is 2.32. The summed E-state index contributed by atoms with van der Waals surface area (Å²) in [4.78, 5) is 22.9. The van der Waals surface area contributed by atoms with Crippen molar-refractivity contribution in [2.75, 3.05) is 6.54 Å². The third kappa shape index (κ3) is 3.79. The topological polar surface area (TPSA) is 96.2 Å². The van der Waals surface area contributed by atoms with Gasteiger partial charge in [-0.2, -0.15) is 0 Å². The molecule has 0 saturated carbocycles. The van der Waals surface area contributed by atoms with E-state index >= 15 is 0 Å². The molecule has 1 heterocycles. The van der Waals surface area contributed by atoms with Crippen LogP contribution < -0.4 is 21.7 Å². The first-order valence-corrected chi connectivity index (χ1v) is 5.60. The molecule has 6 nitrogen and oxygen atoms in total. The van der Waals surface area contributed by atoms with E-state index in [4.69, 9.17) is 5.73 Å². The van der Waals surface area contributed by atoms with Gasteiger partial charge in [-0.1, -0.05) is 0 Å². The predicted molar refractivity (Wildman–Crippen MR) is 60.4 cm³/mol. The second kappa shape index (κ2) is 5.81. The average Bonchev–Trinajstić information content (AvgIpc) is 2.69. The van der Waals surface area contributed by atoms with E-state index in [2.05, 4.69) is 16.0 Å². The number of nitrogens with one attached hydrogen (secondary N) is 3. The molecule has 0 radical (unpaired) electrons. The smallest absolute Gasteiger partial charge is 0.243 e. The van der Waals surface area contributed by atoms with Crippen molar-refractivity contribution >= 4 is 11.8 Å². The number of carbonyl (C=O) groups excluding carboxylic acids is 2. The summed E-state index contributed by atoms with van der Waals surface area (Å²) in [5.41, 5.74) is 5.39. The van der Waals surface area contributed by atoms with Gasteiger partial charge < -0.3 is 16.4 Å². The van der Waals surface area contributed by atoms with Crippen LogP contribution in [0.3, 0.4) is 0 Å². The number of hydrogen-bond acceptors (Lipinski definition) is 4. The van der Waals surface area contributed by atoms with E-state index in [-0.39, 0.29) is 18.0 Å². The lowest BCUT2D eigenvalue weighted by Gasteiger charge is -2.18. The fourth-order valence-corrected chi connectivity index (χ4v) is 1.51. The van der Waals surface area contributed by atoms with Gasteiger partial charge in [-0.15, -0.1) is 0 Å². The Morgan fingerprint density at radius 2 is 2.06 bits per heavy atom. The Kier molecular flexibility index (Phi) is 4.70. The molecule has 92 valence electrons. The van der Waals surface area contributed by atoms with Crippen LogP contribution >= 0.6 is 0 Å². The Morgan fingerprint density at radius 1 is 1.38 bits per heavy atom. The van der Waals surface area contributed by atoms with Crippen LogP contribution in [0.25, 0.3) is 0 Å². The zero-order valence-electron chi connectivity index (χ0n) is 9.75. The third-order valence-corrected chi connectivity index (χ3v) is 2.54. The molecule has 5 N–H and O–H groups in total. The zero-order chi connectivity index (χ0) is 12.1. The first-order chi connectivity index (χ1) is 7.50. The second-order valence-electron chi connectivity index (χ2n) is 4.18. The number of hydrogen-bond donors (Lipinski definition) is 4. The molecular formula is C10H20N4O2. The molecule has 1 unspecified atom stereocenters. The largest absolute Gasteiger partial charge is 0.343 e. The second-order valence-corrected chi connectivity index (χ2v) is 4.18. The van der Waals surface area contributed by atoms with Gasteiger partial charge >= 0.3 is 0 Å². The minimum absolute atomic E-state index is 0.0298. The van der Waals surface area contributed by atoms with Gasteiger partial charge in [-0.25, -0.2) is 0 Å². The van der Waals surface area contributed by atoms with Gasteiger partial charge in [0.05, 0.1) is 12.2 Å². The highest BCUT2D eigenvalue weighted by Gasteiger charge is 2.21. The lowest BCUT2D eigenvalue weighted by molar-refractivity contribution is -0.129. The molecule has 1 rings (SSSR count). The monoisotopic (exact) mass is 228 g/mol. The van der Waals surface area contributed by atoms with Crippen molar-refractivity contribution in [2.24, 2.45) is 5.73 Å². The number of carbonyl (C=O) groups is 2. The Hall–Kier alpha value is -1.14. The molecule has 1 saturated heterocycles. The summed E-state index contributed by atoms with van der Waals surface area (Å²) < 4.78 is 0. The Bertz CT molecular complexity index is 262. The lowest BCUT2D eigenvalue weighted by atomic mass is 10.2. The van der Waals surface area contributed by atoms with E-state index < -0.39 is 12.1 Å². The third-order valence-electron chi connectivity index (χ3n) is 2.54. The summed E-state index contributed by atoms with van der Waals surface area (Å²) in [7, 11) is 0. The normalized spacial score (nSPS) is 23.6. The van der Waals surface area contributed by atoms with E-state index in [0.717, 1.165) is 19.4 Å². The van der Waals surface area contributed by atoms with Crippen LogP contribution in [-0.2, 0) is 9.59 Å². The minimum atomic E-state index is -0.597. The van der Waals surface area contributed by atoms with E-state index in [0.29, 0.717) is 0 Å². The van der Waals surface area contributed by atoms with Crippen LogP contribution in [0.4, 0.5) is 0 Å². The fourth-order valence-electron chi connectivity index (χ4n) is 1.51. The van der Waals surface area contributed by atoms with Crippen molar-refractivity contribution in [2.45, 2.75) is 44.9 Å². The fraction of sp³-hybridized carbons (Fsp3) is 0.800. The molecule has 0 bridgehead atoms. The first-order valence-electron chi connectivity index (χ1n) is 5.60. The van der Waals surface area contributed by atoms with Crippen LogP contribution in [0, 0.1) is 0 Å². The van der Waals surface area contributed by atoms with Crippen molar-refractivity contribution in [3.05, 3.63) is 0 Å². The molecule has 1 aliphatic heterocycles. The van der Waals surface area contributed by atoms with Crippen molar-refractivity contribution in [3.8, 4) is 0 Å². The van der Waals surface area contributed by atoms with Crippen LogP contribution in [0.5, 0.6) is 0 Å². The van der Waals surface area contributed by atoms with E-state index in [9.17, 15) is 9.59 Å². The lowest BCUT2D eigenvalue weighted by Crippen LogP contribution is -2.52. The molecule has 2 amide bonds. The van der Waals surface area contributed by atoms with E-state index in [1.807, 2.05) is 0 Å². The highest BCUT2D eigenvalue weighted by atomic mass is 16.2. The summed E-state index contributed by atoms with van der Waals surface area (Å²) in [6.07, 6.45) is 2.02. The van der Waals surface area contributed by atoms with Crippen LogP contribution in [0.1, 0.15) is 26.7 Å². The van der Waals surface area contributed by atoms with Crippen molar-refractivity contribution in [1.82, 2.24) is 16.0 Å². The highest BCUT2D eigenvalue weighted by molar-refractivity contribution is 5.89. The molecular weight excluding hydrogens is 208 g/mol. The predicted octanol–water partition coefficient (Wildman–Crippen LogP) is -1.34. The van der Waals surface area contributed by atoms with Gasteiger partial charge in [0, 0.05) is 0 Å². The van der Waals surface area contributed by atoms with Gasteiger partial charge in [0.1, 0.15) is 6.04 Å². The number of nitrogens with two attached hydrogens (primary N) is 1. The number of amides is 2. The molecule has 0 aromatic heterocycles. The van der Waals surface area contributed by atoms with Crippen LogP contribution in [0.15, 0.2) is 0 Å². The quantitative estimate of drug-likeness (QED) is 0.479. The van der Waals surface area contributed by atoms with E-state index in [1.165, 1.54) is 0 Å². The Labute approximate surface area is 95.3 Å². The molecule has 6 heteroatoms. The molecule has 1 fully saturated rings. The molecule has 0 spiro atoms. The molecule has 3 atom stereocenters. The van der Waals surface area contributed by atoms with Gasteiger partial charge in [-0.05, 0) is 33.2 Å². The minimum Gasteiger partial charge on any atom is -0.343 e. The zero-order valence-corrected chi connectivity index (χ0v) is 9.75. The van der Waals surface area contributed by atoms with Gasteiger partial charge in [0.2, 0.25) is 11.8 Å². The van der Waals surface area contributed by atoms with Crippen molar-refractivity contribution in [3.63, 3.8) is 0 Å². The maximum absolute atomic E-state index is 11.7. The summed E-state index contributed by atoms with van der Waals surface area (Å²) in [6.45, 7) is 4.15. The molecule has 1 aliphatic rings. The summed E-state index contributed by atoms with van der Waals surface area (Å²) in [5.74, 6) is -0.504. The standard InChI is InChI=1S/C10H20N4O2/c1-6(11)9(15)13-7(2)10(16)14-8-4-3-5-12-8/h6-8,12H,3-5,11H2,1-2H3,(H,13,15)(H,14,16)/t6-,7-,8?/m0/s1. The van der Waals surface area contributed by atoms with Gasteiger partial charge in [0.25, 0.3) is 0 Å². The van der Waals surface area contributed by atoms with Gasteiger partial charge in [0.15, 0.2) is 0 Å². The van der Waals surface area contributed by atoms with Crippen LogP contribution in [0.2, 0.25) is 0 Å².